The van der Waals surface area contributed by atoms with Crippen molar-refractivity contribution < 1.29 is 19.4 Å². The molecule has 6 heteroatoms. The third kappa shape index (κ3) is 9.18. The van der Waals surface area contributed by atoms with E-state index in [-0.39, 0.29) is 19.3 Å². The molecule has 1 unspecified atom stereocenters. The van der Waals surface area contributed by atoms with E-state index in [1.807, 2.05) is 6.07 Å². The van der Waals surface area contributed by atoms with Gasteiger partial charge in [0.05, 0.1) is 12.5 Å². The first-order valence-electron chi connectivity index (χ1n) is 5.33. The van der Waals surface area contributed by atoms with Crippen LogP contribution in [-0.4, -0.2) is 28.8 Å². The van der Waals surface area contributed by atoms with Gasteiger partial charge in [0.15, 0.2) is 0 Å². The van der Waals surface area contributed by atoms with E-state index >= 15 is 0 Å². The molecule has 96 valence electrons. The van der Waals surface area contributed by atoms with Crippen molar-refractivity contribution in [1.29, 1.82) is 5.26 Å². The summed E-state index contributed by atoms with van der Waals surface area (Å²) in [6.45, 7) is 5.18. The Kier molecular flexibility index (Phi) is 6.03. The minimum Gasteiger partial charge on any atom is -0.481 e. The Balaban J connectivity index is 4.20. The number of alkyl carbamates (subject to hydrolysis) is 1. The second-order valence-corrected chi connectivity index (χ2v) is 4.64. The highest BCUT2D eigenvalue weighted by atomic mass is 16.6. The zero-order chi connectivity index (χ0) is 13.5. The van der Waals surface area contributed by atoms with Crippen LogP contribution in [0, 0.1) is 11.3 Å². The summed E-state index contributed by atoms with van der Waals surface area (Å²) in [6, 6.07) is 1.40. The third-order valence-electron chi connectivity index (χ3n) is 1.77. The molecule has 1 atom stereocenters. The zero-order valence-electron chi connectivity index (χ0n) is 10.3. The van der Waals surface area contributed by atoms with Crippen LogP contribution in [0.15, 0.2) is 0 Å². The second kappa shape index (κ2) is 6.74. The summed E-state index contributed by atoms with van der Waals surface area (Å²) in [5.41, 5.74) is -0.617. The molecule has 0 saturated carbocycles. The van der Waals surface area contributed by atoms with Gasteiger partial charge in [-0.1, -0.05) is 0 Å². The molecule has 0 aromatic rings. The number of carboxylic acid groups (broad SMARTS) is 1. The molecule has 17 heavy (non-hydrogen) atoms. The van der Waals surface area contributed by atoms with Gasteiger partial charge in [0.2, 0.25) is 0 Å². The maximum absolute atomic E-state index is 11.4. The summed E-state index contributed by atoms with van der Waals surface area (Å²) < 4.78 is 5.01. The number of ether oxygens (including phenoxy) is 1. The minimum atomic E-state index is -0.959. The molecule has 0 radical (unpaired) electrons. The molecule has 0 fully saturated rings. The SMILES string of the molecule is CC(C)(C)OC(=O)NC(CC#N)CCC(=O)O. The standard InChI is InChI=1S/C11H18N2O4/c1-11(2,3)17-10(16)13-8(6-7-12)4-5-9(14)15/h8H,4-6H2,1-3H3,(H,13,16)(H,14,15). The van der Waals surface area contributed by atoms with Crippen LogP contribution in [0.1, 0.15) is 40.0 Å². The number of rotatable bonds is 5. The summed E-state index contributed by atoms with van der Waals surface area (Å²) in [6.07, 6.45) is -0.459. The van der Waals surface area contributed by atoms with Crippen molar-refractivity contribution in [2.75, 3.05) is 0 Å². The lowest BCUT2D eigenvalue weighted by atomic mass is 10.1. The van der Waals surface area contributed by atoms with Crippen molar-refractivity contribution in [2.24, 2.45) is 0 Å². The molecule has 0 aliphatic carbocycles. The third-order valence-corrected chi connectivity index (χ3v) is 1.77. The van der Waals surface area contributed by atoms with Gasteiger partial charge in [-0.05, 0) is 27.2 Å². The zero-order valence-corrected chi connectivity index (χ0v) is 10.3. The molecule has 0 spiro atoms. The normalized spacial score (nSPS) is 12.4. The molecule has 0 aliphatic heterocycles. The fraction of sp³-hybridized carbons (Fsp3) is 0.727. The van der Waals surface area contributed by atoms with Gasteiger partial charge in [0.1, 0.15) is 5.60 Å². The number of hydrogen-bond acceptors (Lipinski definition) is 4. The van der Waals surface area contributed by atoms with Gasteiger partial charge in [-0.2, -0.15) is 5.26 Å². The average molecular weight is 242 g/mol. The Morgan fingerprint density at radius 3 is 2.47 bits per heavy atom. The van der Waals surface area contributed by atoms with Crippen molar-refractivity contribution in [3.8, 4) is 6.07 Å². The first kappa shape index (κ1) is 15.2. The number of carboxylic acids is 1. The first-order chi connectivity index (χ1) is 7.74. The molecule has 0 aromatic carbocycles. The predicted molar refractivity (Wildman–Crippen MR) is 60.3 cm³/mol. The van der Waals surface area contributed by atoms with Crippen LogP contribution in [0.2, 0.25) is 0 Å². The fourth-order valence-corrected chi connectivity index (χ4v) is 1.11. The van der Waals surface area contributed by atoms with E-state index in [0.29, 0.717) is 0 Å². The molecule has 0 heterocycles. The lowest BCUT2D eigenvalue weighted by Crippen LogP contribution is -2.39. The van der Waals surface area contributed by atoms with Crippen LogP contribution >= 0.6 is 0 Å². The molecular formula is C11H18N2O4. The average Bonchev–Trinajstić information content (AvgIpc) is 2.11. The number of nitriles is 1. The number of nitrogens with zero attached hydrogens (tertiary/aromatic N) is 1. The molecule has 0 aliphatic rings. The number of carbonyl (C=O) groups excluding carboxylic acids is 1. The number of carbonyl (C=O) groups is 2. The summed E-state index contributed by atoms with van der Waals surface area (Å²) in [5.74, 6) is -0.959. The minimum absolute atomic E-state index is 0.0620. The van der Waals surface area contributed by atoms with Crippen molar-refractivity contribution in [2.45, 2.75) is 51.7 Å². The van der Waals surface area contributed by atoms with E-state index in [4.69, 9.17) is 15.1 Å². The summed E-state index contributed by atoms with van der Waals surface area (Å²) in [7, 11) is 0. The van der Waals surface area contributed by atoms with E-state index in [0.717, 1.165) is 0 Å². The quantitative estimate of drug-likeness (QED) is 0.763. The van der Waals surface area contributed by atoms with E-state index < -0.39 is 23.7 Å². The van der Waals surface area contributed by atoms with E-state index in [2.05, 4.69) is 5.32 Å². The molecule has 2 N–H and O–H groups in total. The van der Waals surface area contributed by atoms with Gasteiger partial charge >= 0.3 is 12.1 Å². The summed E-state index contributed by atoms with van der Waals surface area (Å²) in [4.78, 5) is 21.8. The van der Waals surface area contributed by atoms with Gasteiger partial charge in [-0.15, -0.1) is 0 Å². The molecule has 6 nitrogen and oxygen atoms in total. The number of aliphatic carboxylic acids is 1. The number of amides is 1. The lowest BCUT2D eigenvalue weighted by Gasteiger charge is -2.22. The maximum Gasteiger partial charge on any atom is 0.407 e. The van der Waals surface area contributed by atoms with Crippen LogP contribution < -0.4 is 5.32 Å². The van der Waals surface area contributed by atoms with Crippen molar-refractivity contribution in [1.82, 2.24) is 5.32 Å². The lowest BCUT2D eigenvalue weighted by molar-refractivity contribution is -0.137. The molecule has 0 rings (SSSR count). The van der Waals surface area contributed by atoms with Crippen molar-refractivity contribution in [3.63, 3.8) is 0 Å². The van der Waals surface area contributed by atoms with Crippen LogP contribution in [-0.2, 0) is 9.53 Å². The van der Waals surface area contributed by atoms with E-state index in [1.165, 1.54) is 0 Å². The molecule has 0 bridgehead atoms. The maximum atomic E-state index is 11.4. The summed E-state index contributed by atoms with van der Waals surface area (Å²) in [5, 5.41) is 19.6. The van der Waals surface area contributed by atoms with Crippen LogP contribution in [0.3, 0.4) is 0 Å². The monoisotopic (exact) mass is 242 g/mol. The Hall–Kier alpha value is -1.77. The van der Waals surface area contributed by atoms with Gasteiger partial charge < -0.3 is 15.2 Å². The van der Waals surface area contributed by atoms with Crippen LogP contribution in [0.25, 0.3) is 0 Å². The molecular weight excluding hydrogens is 224 g/mol. The van der Waals surface area contributed by atoms with Crippen molar-refractivity contribution >= 4 is 12.1 Å². The highest BCUT2D eigenvalue weighted by Crippen LogP contribution is 2.08. The highest BCUT2D eigenvalue weighted by molar-refractivity contribution is 5.69. The number of hydrogen-bond donors (Lipinski definition) is 2. The van der Waals surface area contributed by atoms with E-state index in [1.54, 1.807) is 20.8 Å². The molecule has 0 saturated heterocycles. The second-order valence-electron chi connectivity index (χ2n) is 4.64. The Bertz CT molecular complexity index is 314. The van der Waals surface area contributed by atoms with Gasteiger partial charge in [-0.25, -0.2) is 4.79 Å². The Morgan fingerprint density at radius 1 is 1.47 bits per heavy atom. The smallest absolute Gasteiger partial charge is 0.407 e. The van der Waals surface area contributed by atoms with Gasteiger partial charge in [0.25, 0.3) is 0 Å². The van der Waals surface area contributed by atoms with Gasteiger partial charge in [0, 0.05) is 12.5 Å². The molecule has 1 amide bonds. The Morgan fingerprint density at radius 2 is 2.06 bits per heavy atom. The molecule has 0 aromatic heterocycles. The van der Waals surface area contributed by atoms with Crippen LogP contribution in [0.5, 0.6) is 0 Å². The van der Waals surface area contributed by atoms with Crippen molar-refractivity contribution in [3.05, 3.63) is 0 Å². The van der Waals surface area contributed by atoms with Crippen LogP contribution in [0.4, 0.5) is 4.79 Å². The van der Waals surface area contributed by atoms with E-state index in [9.17, 15) is 9.59 Å². The predicted octanol–water partition coefficient (Wildman–Crippen LogP) is 1.66. The topological polar surface area (TPSA) is 99.4 Å². The highest BCUT2D eigenvalue weighted by Gasteiger charge is 2.19. The largest absolute Gasteiger partial charge is 0.481 e. The summed E-state index contributed by atoms with van der Waals surface area (Å²) >= 11 is 0. The first-order valence-corrected chi connectivity index (χ1v) is 5.33. The number of nitrogens with one attached hydrogen (secondary N) is 1. The fourth-order valence-electron chi connectivity index (χ4n) is 1.11. The Labute approximate surface area is 101 Å². The van der Waals surface area contributed by atoms with Gasteiger partial charge in [-0.3, -0.25) is 4.79 Å².